The average Bonchev–Trinajstić information content (AvgIpc) is 3.04. The number of thioether (sulfide) groups is 1. The van der Waals surface area contributed by atoms with Gasteiger partial charge in [0.2, 0.25) is 0 Å². The van der Waals surface area contributed by atoms with Crippen LogP contribution in [0.15, 0.2) is 47.4 Å². The zero-order valence-electron chi connectivity index (χ0n) is 13.5. The SMILES string of the molecule is O=C(Nc1ccccc1SCC(F)(F)F)c1ccc2nc(C(F)F)[nH]c2c1. The predicted molar refractivity (Wildman–Crippen MR) is 92.2 cm³/mol. The maximum Gasteiger partial charge on any atom is 0.398 e. The van der Waals surface area contributed by atoms with Crippen LogP contribution in [-0.2, 0) is 0 Å². The lowest BCUT2D eigenvalue weighted by Crippen LogP contribution is -2.14. The monoisotopic (exact) mass is 401 g/mol. The molecule has 0 saturated heterocycles. The summed E-state index contributed by atoms with van der Waals surface area (Å²) in [5.41, 5.74) is 0.929. The normalized spacial score (nSPS) is 11.9. The van der Waals surface area contributed by atoms with E-state index in [2.05, 4.69) is 15.3 Å². The van der Waals surface area contributed by atoms with Crippen LogP contribution >= 0.6 is 11.8 Å². The molecule has 142 valence electrons. The van der Waals surface area contributed by atoms with Gasteiger partial charge in [-0.15, -0.1) is 11.8 Å². The van der Waals surface area contributed by atoms with Gasteiger partial charge < -0.3 is 10.3 Å². The maximum absolute atomic E-state index is 12.7. The summed E-state index contributed by atoms with van der Waals surface area (Å²) >= 11 is 0.561. The van der Waals surface area contributed by atoms with Crippen LogP contribution in [0.5, 0.6) is 0 Å². The van der Waals surface area contributed by atoms with Crippen molar-refractivity contribution in [3.8, 4) is 0 Å². The predicted octanol–water partition coefficient (Wildman–Crippen LogP) is 5.41. The number of nitrogens with zero attached hydrogens (tertiary/aromatic N) is 1. The van der Waals surface area contributed by atoms with E-state index < -0.39 is 30.1 Å². The molecule has 0 fully saturated rings. The van der Waals surface area contributed by atoms with Crippen molar-refractivity contribution in [1.29, 1.82) is 0 Å². The first-order chi connectivity index (χ1) is 12.7. The fourth-order valence-electron chi connectivity index (χ4n) is 2.32. The first kappa shape index (κ1) is 19.2. The van der Waals surface area contributed by atoms with Gasteiger partial charge in [0.1, 0.15) is 0 Å². The lowest BCUT2D eigenvalue weighted by molar-refractivity contribution is -0.105. The van der Waals surface area contributed by atoms with E-state index in [1.165, 1.54) is 30.3 Å². The average molecular weight is 401 g/mol. The molecule has 27 heavy (non-hydrogen) atoms. The van der Waals surface area contributed by atoms with Crippen molar-refractivity contribution < 1.29 is 26.7 Å². The molecule has 0 aliphatic carbocycles. The zero-order valence-corrected chi connectivity index (χ0v) is 14.3. The van der Waals surface area contributed by atoms with E-state index >= 15 is 0 Å². The van der Waals surface area contributed by atoms with E-state index in [1.54, 1.807) is 12.1 Å². The molecule has 1 amide bonds. The van der Waals surface area contributed by atoms with Crippen molar-refractivity contribution in [3.63, 3.8) is 0 Å². The van der Waals surface area contributed by atoms with Gasteiger partial charge in [0.05, 0.1) is 22.5 Å². The highest BCUT2D eigenvalue weighted by Crippen LogP contribution is 2.32. The van der Waals surface area contributed by atoms with Crippen molar-refractivity contribution >= 4 is 34.4 Å². The van der Waals surface area contributed by atoms with Gasteiger partial charge in [-0.05, 0) is 30.3 Å². The van der Waals surface area contributed by atoms with Crippen molar-refractivity contribution in [1.82, 2.24) is 9.97 Å². The number of aromatic amines is 1. The highest BCUT2D eigenvalue weighted by molar-refractivity contribution is 7.99. The highest BCUT2D eigenvalue weighted by Gasteiger charge is 2.27. The number of para-hydroxylation sites is 1. The molecule has 0 unspecified atom stereocenters. The summed E-state index contributed by atoms with van der Waals surface area (Å²) in [5.74, 6) is -2.17. The molecule has 2 N–H and O–H groups in total. The fraction of sp³-hybridized carbons (Fsp3) is 0.176. The third-order valence-electron chi connectivity index (χ3n) is 3.50. The number of alkyl halides is 5. The molecule has 0 aliphatic rings. The minimum absolute atomic E-state index is 0.155. The second kappa shape index (κ2) is 7.55. The molecule has 0 spiro atoms. The van der Waals surface area contributed by atoms with Crippen molar-refractivity contribution in [3.05, 3.63) is 53.9 Å². The van der Waals surface area contributed by atoms with Crippen LogP contribution in [0.1, 0.15) is 22.6 Å². The van der Waals surface area contributed by atoms with Crippen LogP contribution < -0.4 is 5.32 Å². The van der Waals surface area contributed by atoms with E-state index in [4.69, 9.17) is 0 Å². The molecule has 4 nitrogen and oxygen atoms in total. The lowest BCUT2D eigenvalue weighted by Gasteiger charge is -2.12. The third kappa shape index (κ3) is 4.76. The smallest absolute Gasteiger partial charge is 0.337 e. The number of hydrogen-bond donors (Lipinski definition) is 2. The van der Waals surface area contributed by atoms with Gasteiger partial charge in [0.15, 0.2) is 5.82 Å². The van der Waals surface area contributed by atoms with Crippen molar-refractivity contribution in [2.75, 3.05) is 11.1 Å². The highest BCUT2D eigenvalue weighted by atomic mass is 32.2. The van der Waals surface area contributed by atoms with Gasteiger partial charge in [-0.25, -0.2) is 13.8 Å². The lowest BCUT2D eigenvalue weighted by atomic mass is 10.2. The number of H-pyrrole nitrogens is 1. The van der Waals surface area contributed by atoms with Gasteiger partial charge in [-0.3, -0.25) is 4.79 Å². The Hall–Kier alpha value is -2.62. The van der Waals surface area contributed by atoms with Crippen LogP contribution in [0, 0.1) is 0 Å². The Morgan fingerprint density at radius 2 is 1.93 bits per heavy atom. The topological polar surface area (TPSA) is 57.8 Å². The first-order valence-corrected chi connectivity index (χ1v) is 8.59. The summed E-state index contributed by atoms with van der Waals surface area (Å²) in [6, 6.07) is 10.3. The molecule has 0 saturated carbocycles. The minimum atomic E-state index is -4.34. The number of carbonyl (C=O) groups excluding carboxylic acids is 1. The maximum atomic E-state index is 12.7. The third-order valence-corrected chi connectivity index (χ3v) is 4.63. The number of imidazole rings is 1. The summed E-state index contributed by atoms with van der Waals surface area (Å²) < 4.78 is 62.7. The Morgan fingerprint density at radius 1 is 1.19 bits per heavy atom. The van der Waals surface area contributed by atoms with E-state index in [9.17, 15) is 26.7 Å². The molecule has 0 bridgehead atoms. The minimum Gasteiger partial charge on any atom is -0.337 e. The van der Waals surface area contributed by atoms with Crippen molar-refractivity contribution in [2.24, 2.45) is 0 Å². The van der Waals surface area contributed by atoms with E-state index in [-0.39, 0.29) is 27.2 Å². The molecule has 1 heterocycles. The number of aromatic nitrogens is 2. The second-order valence-corrected chi connectivity index (χ2v) is 6.53. The summed E-state index contributed by atoms with van der Waals surface area (Å²) in [5, 5.41) is 2.55. The summed E-state index contributed by atoms with van der Waals surface area (Å²) in [4.78, 5) is 18.8. The van der Waals surface area contributed by atoms with Crippen LogP contribution in [0.4, 0.5) is 27.6 Å². The second-order valence-electron chi connectivity index (χ2n) is 5.51. The molecule has 10 heteroatoms. The molecule has 0 radical (unpaired) electrons. The number of hydrogen-bond acceptors (Lipinski definition) is 3. The van der Waals surface area contributed by atoms with Gasteiger partial charge in [-0.1, -0.05) is 12.1 Å². The number of rotatable bonds is 5. The Morgan fingerprint density at radius 3 is 2.63 bits per heavy atom. The van der Waals surface area contributed by atoms with Crippen LogP contribution in [0.3, 0.4) is 0 Å². The number of amides is 1. The number of benzene rings is 2. The fourth-order valence-corrected chi connectivity index (χ4v) is 3.09. The van der Waals surface area contributed by atoms with Gasteiger partial charge in [0, 0.05) is 10.5 Å². The van der Waals surface area contributed by atoms with Crippen LogP contribution in [0.2, 0.25) is 0 Å². The first-order valence-electron chi connectivity index (χ1n) is 7.61. The summed E-state index contributed by atoms with van der Waals surface area (Å²) in [6.45, 7) is 0. The number of carbonyl (C=O) groups is 1. The Labute approximate surface area is 154 Å². The standard InChI is InChI=1S/C17H12F5N3OS/c18-14(19)15-23-10-6-5-9(7-12(10)24-15)16(26)25-11-3-1-2-4-13(11)27-8-17(20,21)22/h1-7,14H,8H2,(H,23,24)(H,25,26). The Balaban J connectivity index is 1.80. The zero-order chi connectivity index (χ0) is 19.6. The molecule has 2 aromatic carbocycles. The molecular formula is C17H12F5N3OS. The molecule has 1 aromatic heterocycles. The van der Waals surface area contributed by atoms with Crippen LogP contribution in [-0.4, -0.2) is 27.8 Å². The van der Waals surface area contributed by atoms with Crippen LogP contribution in [0.25, 0.3) is 11.0 Å². The molecular weight excluding hydrogens is 389 g/mol. The quantitative estimate of drug-likeness (QED) is 0.444. The van der Waals surface area contributed by atoms with E-state index in [0.29, 0.717) is 11.8 Å². The number of anilines is 1. The van der Waals surface area contributed by atoms with Crippen molar-refractivity contribution in [2.45, 2.75) is 17.5 Å². The Kier molecular flexibility index (Phi) is 5.36. The number of fused-ring (bicyclic) bond motifs is 1. The van der Waals surface area contributed by atoms with E-state index in [1.807, 2.05) is 0 Å². The van der Waals surface area contributed by atoms with Gasteiger partial charge in [0.25, 0.3) is 12.3 Å². The molecule has 0 aliphatic heterocycles. The van der Waals surface area contributed by atoms with Gasteiger partial charge >= 0.3 is 6.18 Å². The number of nitrogens with one attached hydrogen (secondary N) is 2. The largest absolute Gasteiger partial charge is 0.398 e. The number of halogens is 5. The van der Waals surface area contributed by atoms with E-state index in [0.717, 1.165) is 0 Å². The molecule has 0 atom stereocenters. The molecule has 3 aromatic rings. The summed E-state index contributed by atoms with van der Waals surface area (Å²) in [6.07, 6.45) is -7.11. The summed E-state index contributed by atoms with van der Waals surface area (Å²) in [7, 11) is 0. The Bertz CT molecular complexity index is 971. The molecule has 3 rings (SSSR count). The van der Waals surface area contributed by atoms with Gasteiger partial charge in [-0.2, -0.15) is 13.2 Å².